The van der Waals surface area contributed by atoms with E-state index in [4.69, 9.17) is 19.9 Å². The van der Waals surface area contributed by atoms with Gasteiger partial charge in [-0.05, 0) is 26.0 Å². The Hall–Kier alpha value is -1.79. The van der Waals surface area contributed by atoms with Crippen LogP contribution in [-0.4, -0.2) is 39.4 Å². The van der Waals surface area contributed by atoms with E-state index in [2.05, 4.69) is 5.32 Å². The van der Waals surface area contributed by atoms with Crippen molar-refractivity contribution in [3.05, 3.63) is 23.8 Å². The minimum absolute atomic E-state index is 0.169. The van der Waals surface area contributed by atoms with Gasteiger partial charge in [0, 0.05) is 25.3 Å². The van der Waals surface area contributed by atoms with Crippen molar-refractivity contribution in [2.75, 3.05) is 33.5 Å². The van der Waals surface area contributed by atoms with Gasteiger partial charge in [0.15, 0.2) is 18.1 Å². The summed E-state index contributed by atoms with van der Waals surface area (Å²) in [5.74, 6) is 0.623. The Bertz CT molecular complexity index is 438. The van der Waals surface area contributed by atoms with E-state index < -0.39 is 5.91 Å². The predicted molar refractivity (Wildman–Crippen MR) is 80.5 cm³/mol. The van der Waals surface area contributed by atoms with Gasteiger partial charge in [-0.2, -0.15) is 0 Å². The molecule has 1 aromatic carbocycles. The maximum Gasteiger partial charge on any atom is 0.255 e. The molecule has 118 valence electrons. The van der Waals surface area contributed by atoms with Gasteiger partial charge in [0.1, 0.15) is 0 Å². The molecule has 0 atom stereocenters. The highest BCUT2D eigenvalue weighted by Gasteiger charge is 2.11. The summed E-state index contributed by atoms with van der Waals surface area (Å²) in [4.78, 5) is 10.9. The molecule has 0 saturated heterocycles. The smallest absolute Gasteiger partial charge is 0.255 e. The number of amides is 1. The zero-order chi connectivity index (χ0) is 15.5. The topological polar surface area (TPSA) is 82.8 Å². The lowest BCUT2D eigenvalue weighted by molar-refractivity contribution is -0.119. The third-order valence-electron chi connectivity index (χ3n) is 2.80. The molecular weight excluding hydrogens is 272 g/mol. The first-order valence-electron chi connectivity index (χ1n) is 7.04. The number of benzene rings is 1. The SMILES string of the molecule is CCOCCCNCc1cccc(OC)c1OCC(N)=O. The van der Waals surface area contributed by atoms with Gasteiger partial charge in [-0.15, -0.1) is 0 Å². The second-order valence-corrected chi connectivity index (χ2v) is 4.43. The zero-order valence-corrected chi connectivity index (χ0v) is 12.7. The summed E-state index contributed by atoms with van der Waals surface area (Å²) in [7, 11) is 1.56. The predicted octanol–water partition coefficient (Wildman–Crippen LogP) is 1.08. The summed E-state index contributed by atoms with van der Waals surface area (Å²) in [5, 5.41) is 3.31. The van der Waals surface area contributed by atoms with E-state index in [-0.39, 0.29) is 6.61 Å². The quantitative estimate of drug-likeness (QED) is 0.597. The van der Waals surface area contributed by atoms with Gasteiger partial charge in [-0.25, -0.2) is 0 Å². The Kier molecular flexibility index (Phi) is 8.23. The number of rotatable bonds is 11. The van der Waals surface area contributed by atoms with E-state index in [0.717, 1.165) is 31.7 Å². The van der Waals surface area contributed by atoms with Crippen LogP contribution in [0.25, 0.3) is 0 Å². The van der Waals surface area contributed by atoms with Crippen molar-refractivity contribution in [2.45, 2.75) is 19.9 Å². The molecular formula is C15H24N2O4. The van der Waals surface area contributed by atoms with Gasteiger partial charge in [0.05, 0.1) is 7.11 Å². The summed E-state index contributed by atoms with van der Waals surface area (Å²) in [6, 6.07) is 5.59. The molecule has 0 saturated carbocycles. The molecule has 6 nitrogen and oxygen atoms in total. The summed E-state index contributed by atoms with van der Waals surface area (Å²) in [6.45, 7) is 4.75. The molecule has 0 unspecified atom stereocenters. The number of hydrogen-bond acceptors (Lipinski definition) is 5. The molecule has 1 aromatic rings. The first-order valence-corrected chi connectivity index (χ1v) is 7.04. The van der Waals surface area contributed by atoms with Crippen LogP contribution in [0.5, 0.6) is 11.5 Å². The molecule has 0 aliphatic carbocycles. The molecule has 0 radical (unpaired) electrons. The van der Waals surface area contributed by atoms with Crippen LogP contribution in [0.3, 0.4) is 0 Å². The van der Waals surface area contributed by atoms with Crippen LogP contribution < -0.4 is 20.5 Å². The van der Waals surface area contributed by atoms with Crippen LogP contribution >= 0.6 is 0 Å². The van der Waals surface area contributed by atoms with Crippen LogP contribution in [0.1, 0.15) is 18.9 Å². The number of carbonyl (C=O) groups is 1. The van der Waals surface area contributed by atoms with Crippen molar-refractivity contribution >= 4 is 5.91 Å². The van der Waals surface area contributed by atoms with Crippen molar-refractivity contribution in [1.82, 2.24) is 5.32 Å². The lowest BCUT2D eigenvalue weighted by atomic mass is 10.2. The Morgan fingerprint density at radius 3 is 2.86 bits per heavy atom. The highest BCUT2D eigenvalue weighted by molar-refractivity contribution is 5.75. The molecule has 0 aromatic heterocycles. The van der Waals surface area contributed by atoms with E-state index in [1.807, 2.05) is 19.1 Å². The number of ether oxygens (including phenoxy) is 3. The first kappa shape index (κ1) is 17.3. The van der Waals surface area contributed by atoms with Crippen molar-refractivity contribution in [3.8, 4) is 11.5 Å². The second-order valence-electron chi connectivity index (χ2n) is 4.43. The maximum atomic E-state index is 10.9. The van der Waals surface area contributed by atoms with Crippen molar-refractivity contribution < 1.29 is 19.0 Å². The molecule has 0 spiro atoms. The van der Waals surface area contributed by atoms with Gasteiger partial charge < -0.3 is 25.3 Å². The van der Waals surface area contributed by atoms with E-state index in [1.54, 1.807) is 13.2 Å². The molecule has 0 heterocycles. The Labute approximate surface area is 125 Å². The van der Waals surface area contributed by atoms with Crippen LogP contribution in [-0.2, 0) is 16.1 Å². The number of nitrogens with one attached hydrogen (secondary N) is 1. The zero-order valence-electron chi connectivity index (χ0n) is 12.7. The van der Waals surface area contributed by atoms with Gasteiger partial charge in [-0.3, -0.25) is 4.79 Å². The van der Waals surface area contributed by atoms with E-state index in [1.165, 1.54) is 0 Å². The normalized spacial score (nSPS) is 10.4. The maximum absolute atomic E-state index is 10.9. The Morgan fingerprint density at radius 1 is 1.38 bits per heavy atom. The lowest BCUT2D eigenvalue weighted by Crippen LogP contribution is -2.22. The van der Waals surface area contributed by atoms with E-state index >= 15 is 0 Å². The first-order chi connectivity index (χ1) is 10.2. The van der Waals surface area contributed by atoms with Gasteiger partial charge in [-0.1, -0.05) is 12.1 Å². The second kappa shape index (κ2) is 10.0. The minimum atomic E-state index is -0.517. The van der Waals surface area contributed by atoms with E-state index in [0.29, 0.717) is 18.0 Å². The molecule has 6 heteroatoms. The fourth-order valence-corrected chi connectivity index (χ4v) is 1.83. The summed E-state index contributed by atoms with van der Waals surface area (Å²) < 4.78 is 16.0. The highest BCUT2D eigenvalue weighted by atomic mass is 16.5. The molecule has 0 bridgehead atoms. The van der Waals surface area contributed by atoms with Crippen LogP contribution in [0.4, 0.5) is 0 Å². The average Bonchev–Trinajstić information content (AvgIpc) is 2.48. The molecule has 3 N–H and O–H groups in total. The van der Waals surface area contributed by atoms with Crippen molar-refractivity contribution in [3.63, 3.8) is 0 Å². The summed E-state index contributed by atoms with van der Waals surface area (Å²) in [6.07, 6.45) is 0.940. The van der Waals surface area contributed by atoms with Gasteiger partial charge in [0.25, 0.3) is 5.91 Å². The largest absolute Gasteiger partial charge is 0.493 e. The number of hydrogen-bond donors (Lipinski definition) is 2. The van der Waals surface area contributed by atoms with E-state index in [9.17, 15) is 4.79 Å². The standard InChI is InChI=1S/C15H24N2O4/c1-3-20-9-5-8-17-10-12-6-4-7-13(19-2)15(12)21-11-14(16)18/h4,6-7,17H,3,5,8-11H2,1-2H3,(H2,16,18). The Balaban J connectivity index is 2.56. The van der Waals surface area contributed by atoms with Crippen LogP contribution in [0, 0.1) is 0 Å². The third kappa shape index (κ3) is 6.46. The van der Waals surface area contributed by atoms with Crippen molar-refractivity contribution in [1.29, 1.82) is 0 Å². The average molecular weight is 296 g/mol. The summed E-state index contributed by atoms with van der Waals surface area (Å²) in [5.41, 5.74) is 6.04. The minimum Gasteiger partial charge on any atom is -0.493 e. The highest BCUT2D eigenvalue weighted by Crippen LogP contribution is 2.30. The monoisotopic (exact) mass is 296 g/mol. The van der Waals surface area contributed by atoms with Gasteiger partial charge >= 0.3 is 0 Å². The number of primary amides is 1. The Morgan fingerprint density at radius 2 is 2.19 bits per heavy atom. The molecule has 0 aliphatic rings. The van der Waals surface area contributed by atoms with Gasteiger partial charge in [0.2, 0.25) is 0 Å². The summed E-state index contributed by atoms with van der Waals surface area (Å²) >= 11 is 0. The number of carbonyl (C=O) groups excluding carboxylic acids is 1. The molecule has 1 rings (SSSR count). The van der Waals surface area contributed by atoms with Crippen LogP contribution in [0.2, 0.25) is 0 Å². The van der Waals surface area contributed by atoms with Crippen molar-refractivity contribution in [2.24, 2.45) is 5.73 Å². The molecule has 21 heavy (non-hydrogen) atoms. The number of para-hydroxylation sites is 1. The fraction of sp³-hybridized carbons (Fsp3) is 0.533. The van der Waals surface area contributed by atoms with Crippen LogP contribution in [0.15, 0.2) is 18.2 Å². The number of nitrogens with two attached hydrogens (primary N) is 1. The molecule has 0 fully saturated rings. The molecule has 1 amide bonds. The third-order valence-corrected chi connectivity index (χ3v) is 2.80. The lowest BCUT2D eigenvalue weighted by Gasteiger charge is -2.14. The number of methoxy groups -OCH3 is 1. The fourth-order valence-electron chi connectivity index (χ4n) is 1.83. The molecule has 0 aliphatic heterocycles.